The van der Waals surface area contributed by atoms with Gasteiger partial charge in [0.05, 0.1) is 29.7 Å². The molecule has 1 amide bonds. The van der Waals surface area contributed by atoms with Crippen LogP contribution in [0, 0.1) is 6.92 Å². The van der Waals surface area contributed by atoms with Crippen LogP contribution in [0.1, 0.15) is 28.9 Å². The Morgan fingerprint density at radius 2 is 2.33 bits per heavy atom. The van der Waals surface area contributed by atoms with Crippen molar-refractivity contribution in [2.24, 2.45) is 0 Å². The maximum absolute atomic E-state index is 12.5. The summed E-state index contributed by atoms with van der Waals surface area (Å²) in [4.78, 5) is 18.5. The van der Waals surface area contributed by atoms with Gasteiger partial charge in [-0.05, 0) is 25.8 Å². The van der Waals surface area contributed by atoms with Crippen LogP contribution >= 0.6 is 0 Å². The van der Waals surface area contributed by atoms with Crippen LogP contribution in [-0.2, 0) is 4.74 Å². The third-order valence-electron chi connectivity index (χ3n) is 3.12. The zero-order valence-corrected chi connectivity index (χ0v) is 10.8. The average molecular weight is 249 g/mol. The van der Waals surface area contributed by atoms with Crippen molar-refractivity contribution in [3.63, 3.8) is 0 Å². The number of nitrogens with two attached hydrogens (primary N) is 1. The van der Waals surface area contributed by atoms with Gasteiger partial charge in [0.1, 0.15) is 0 Å². The van der Waals surface area contributed by atoms with Crippen LogP contribution in [0.25, 0.3) is 0 Å². The largest absolute Gasteiger partial charge is 0.397 e. The second kappa shape index (κ2) is 5.35. The SMILES string of the molecule is COCCN(C(=O)c1cc(N)cnc1C)C1CC1. The molecule has 0 atom stereocenters. The van der Waals surface area contributed by atoms with Crippen LogP contribution in [-0.4, -0.2) is 42.1 Å². The van der Waals surface area contributed by atoms with Gasteiger partial charge < -0.3 is 15.4 Å². The number of hydrogen-bond donors (Lipinski definition) is 1. The number of methoxy groups -OCH3 is 1. The smallest absolute Gasteiger partial charge is 0.256 e. The number of carbonyl (C=O) groups is 1. The van der Waals surface area contributed by atoms with Crippen LogP contribution in [0.4, 0.5) is 5.69 Å². The number of amides is 1. The summed E-state index contributed by atoms with van der Waals surface area (Å²) >= 11 is 0. The van der Waals surface area contributed by atoms with Crippen LogP contribution in [0.3, 0.4) is 0 Å². The van der Waals surface area contributed by atoms with Crippen LogP contribution < -0.4 is 5.73 Å². The van der Waals surface area contributed by atoms with Crippen molar-refractivity contribution in [2.75, 3.05) is 26.0 Å². The molecule has 0 bridgehead atoms. The Bertz CT molecular complexity index is 444. The molecule has 1 aliphatic carbocycles. The molecule has 0 saturated heterocycles. The van der Waals surface area contributed by atoms with E-state index in [1.165, 1.54) is 0 Å². The molecule has 0 aliphatic heterocycles. The first kappa shape index (κ1) is 12.8. The highest BCUT2D eigenvalue weighted by atomic mass is 16.5. The fourth-order valence-electron chi connectivity index (χ4n) is 1.95. The van der Waals surface area contributed by atoms with E-state index in [4.69, 9.17) is 10.5 Å². The average Bonchev–Trinajstić information content (AvgIpc) is 3.17. The van der Waals surface area contributed by atoms with Crippen molar-refractivity contribution >= 4 is 11.6 Å². The Morgan fingerprint density at radius 3 is 2.94 bits per heavy atom. The number of anilines is 1. The molecule has 1 aromatic rings. The molecular weight excluding hydrogens is 230 g/mol. The van der Waals surface area contributed by atoms with Gasteiger partial charge in [-0.25, -0.2) is 0 Å². The molecule has 18 heavy (non-hydrogen) atoms. The Kier molecular flexibility index (Phi) is 3.81. The molecule has 5 nitrogen and oxygen atoms in total. The molecule has 2 rings (SSSR count). The lowest BCUT2D eigenvalue weighted by atomic mass is 10.1. The molecule has 0 unspecified atom stereocenters. The van der Waals surface area contributed by atoms with Crippen molar-refractivity contribution in [1.29, 1.82) is 0 Å². The second-order valence-corrected chi connectivity index (χ2v) is 4.62. The van der Waals surface area contributed by atoms with E-state index < -0.39 is 0 Å². The number of nitrogens with zero attached hydrogens (tertiary/aromatic N) is 2. The summed E-state index contributed by atoms with van der Waals surface area (Å²) in [7, 11) is 1.64. The molecule has 1 aliphatic rings. The summed E-state index contributed by atoms with van der Waals surface area (Å²) in [6, 6.07) is 2.06. The summed E-state index contributed by atoms with van der Waals surface area (Å²) in [5, 5.41) is 0. The predicted octanol–water partition coefficient (Wildman–Crippen LogP) is 1.22. The van der Waals surface area contributed by atoms with Gasteiger partial charge in [0, 0.05) is 19.7 Å². The fourth-order valence-corrected chi connectivity index (χ4v) is 1.95. The van der Waals surface area contributed by atoms with E-state index in [2.05, 4.69) is 4.98 Å². The lowest BCUT2D eigenvalue weighted by molar-refractivity contribution is 0.0679. The van der Waals surface area contributed by atoms with Gasteiger partial charge in [-0.3, -0.25) is 9.78 Å². The van der Waals surface area contributed by atoms with Crippen LogP contribution in [0.5, 0.6) is 0 Å². The number of nitrogen functional groups attached to an aromatic ring is 1. The van der Waals surface area contributed by atoms with Gasteiger partial charge >= 0.3 is 0 Å². The van der Waals surface area contributed by atoms with E-state index in [9.17, 15) is 4.79 Å². The number of carbonyl (C=O) groups excluding carboxylic acids is 1. The third kappa shape index (κ3) is 2.79. The lowest BCUT2D eigenvalue weighted by Crippen LogP contribution is -2.36. The quantitative estimate of drug-likeness (QED) is 0.852. The minimum atomic E-state index is 0.00634. The summed E-state index contributed by atoms with van der Waals surface area (Å²) in [5.41, 5.74) is 7.53. The van der Waals surface area contributed by atoms with Gasteiger partial charge in [0.15, 0.2) is 0 Å². The topological polar surface area (TPSA) is 68.5 Å². The maximum Gasteiger partial charge on any atom is 0.256 e. The molecule has 0 aromatic carbocycles. The van der Waals surface area contributed by atoms with Crippen LogP contribution in [0.15, 0.2) is 12.3 Å². The van der Waals surface area contributed by atoms with Crippen molar-refractivity contribution in [2.45, 2.75) is 25.8 Å². The standard InChI is InChI=1S/C13H19N3O2/c1-9-12(7-10(14)8-15-9)13(17)16(5-6-18-2)11-3-4-11/h7-8,11H,3-6,14H2,1-2H3. The van der Waals surface area contributed by atoms with Gasteiger partial charge in [0.25, 0.3) is 5.91 Å². The number of ether oxygens (including phenoxy) is 1. The minimum Gasteiger partial charge on any atom is -0.397 e. The molecule has 1 saturated carbocycles. The molecule has 1 fully saturated rings. The first-order chi connectivity index (χ1) is 8.63. The first-order valence-electron chi connectivity index (χ1n) is 6.15. The highest BCUT2D eigenvalue weighted by molar-refractivity contribution is 5.96. The number of aryl methyl sites for hydroxylation is 1. The van der Waals surface area contributed by atoms with E-state index in [0.717, 1.165) is 18.5 Å². The zero-order valence-electron chi connectivity index (χ0n) is 10.8. The van der Waals surface area contributed by atoms with Crippen molar-refractivity contribution in [1.82, 2.24) is 9.88 Å². The lowest BCUT2D eigenvalue weighted by Gasteiger charge is -2.22. The summed E-state index contributed by atoms with van der Waals surface area (Å²) in [5.74, 6) is 0.00634. The van der Waals surface area contributed by atoms with Crippen molar-refractivity contribution < 1.29 is 9.53 Å². The predicted molar refractivity (Wildman–Crippen MR) is 69.3 cm³/mol. The fraction of sp³-hybridized carbons (Fsp3) is 0.538. The van der Waals surface area contributed by atoms with E-state index in [1.54, 1.807) is 19.4 Å². The number of rotatable bonds is 5. The van der Waals surface area contributed by atoms with Crippen molar-refractivity contribution in [3.8, 4) is 0 Å². The number of hydrogen-bond acceptors (Lipinski definition) is 4. The molecule has 2 N–H and O–H groups in total. The Hall–Kier alpha value is -1.62. The Labute approximate surface area is 107 Å². The second-order valence-electron chi connectivity index (χ2n) is 4.62. The maximum atomic E-state index is 12.5. The summed E-state index contributed by atoms with van der Waals surface area (Å²) in [6.45, 7) is 3.00. The molecule has 1 heterocycles. The molecule has 0 radical (unpaired) electrons. The van der Waals surface area contributed by atoms with Crippen molar-refractivity contribution in [3.05, 3.63) is 23.5 Å². The zero-order chi connectivity index (χ0) is 13.1. The van der Waals surface area contributed by atoms with E-state index >= 15 is 0 Å². The molecule has 0 spiro atoms. The van der Waals surface area contributed by atoms with Gasteiger partial charge in [0.2, 0.25) is 0 Å². The third-order valence-corrected chi connectivity index (χ3v) is 3.12. The normalized spacial score (nSPS) is 14.6. The summed E-state index contributed by atoms with van der Waals surface area (Å²) in [6.07, 6.45) is 3.72. The highest BCUT2D eigenvalue weighted by Gasteiger charge is 2.33. The number of pyridine rings is 1. The minimum absolute atomic E-state index is 0.00634. The first-order valence-corrected chi connectivity index (χ1v) is 6.15. The molecule has 5 heteroatoms. The van der Waals surface area contributed by atoms with E-state index in [0.29, 0.717) is 30.4 Å². The van der Waals surface area contributed by atoms with Gasteiger partial charge in [-0.15, -0.1) is 0 Å². The summed E-state index contributed by atoms with van der Waals surface area (Å²) < 4.78 is 5.06. The van der Waals surface area contributed by atoms with E-state index in [-0.39, 0.29) is 5.91 Å². The molecule has 1 aromatic heterocycles. The Balaban J connectivity index is 2.19. The number of aromatic nitrogens is 1. The van der Waals surface area contributed by atoms with E-state index in [1.807, 2.05) is 11.8 Å². The molecule has 98 valence electrons. The van der Waals surface area contributed by atoms with Gasteiger partial charge in [-0.1, -0.05) is 0 Å². The Morgan fingerprint density at radius 1 is 1.61 bits per heavy atom. The monoisotopic (exact) mass is 249 g/mol. The highest BCUT2D eigenvalue weighted by Crippen LogP contribution is 2.28. The van der Waals surface area contributed by atoms with Gasteiger partial charge in [-0.2, -0.15) is 0 Å². The van der Waals surface area contributed by atoms with Crippen LogP contribution in [0.2, 0.25) is 0 Å². The molecular formula is C13H19N3O2.